The molecule has 0 saturated carbocycles. The summed E-state index contributed by atoms with van der Waals surface area (Å²) < 4.78 is 2.63. The summed E-state index contributed by atoms with van der Waals surface area (Å²) >= 11 is 7.11. The maximum Gasteiger partial charge on any atom is 0.261 e. The van der Waals surface area contributed by atoms with Crippen LogP contribution >= 0.6 is 22.9 Å². The quantitative estimate of drug-likeness (QED) is 0.776. The zero-order valence-corrected chi connectivity index (χ0v) is 13.3. The Balaban J connectivity index is 1.56. The molecule has 6 heteroatoms. The molecular formula is C16H14ClN3OS. The van der Waals surface area contributed by atoms with Gasteiger partial charge in [0.15, 0.2) is 0 Å². The van der Waals surface area contributed by atoms with E-state index in [0.717, 1.165) is 12.1 Å². The Morgan fingerprint density at radius 1 is 1.18 bits per heavy atom. The highest BCUT2D eigenvalue weighted by atomic mass is 35.5. The van der Waals surface area contributed by atoms with Crippen molar-refractivity contribution in [1.29, 1.82) is 0 Å². The number of nitrogens with zero attached hydrogens (tertiary/aromatic N) is 2. The molecular weight excluding hydrogens is 318 g/mol. The van der Waals surface area contributed by atoms with Crippen LogP contribution in [0.3, 0.4) is 0 Å². The number of carbonyl (C=O) groups is 1. The molecule has 0 atom stereocenters. The minimum atomic E-state index is -0.0978. The fraction of sp³-hybridized carbons (Fsp3) is 0.125. The van der Waals surface area contributed by atoms with E-state index in [1.54, 1.807) is 24.7 Å². The van der Waals surface area contributed by atoms with Gasteiger partial charge in [0, 0.05) is 25.5 Å². The minimum absolute atomic E-state index is 0.0978. The predicted molar refractivity (Wildman–Crippen MR) is 88.3 cm³/mol. The number of halogens is 1. The molecule has 1 N–H and O–H groups in total. The fourth-order valence-corrected chi connectivity index (χ4v) is 3.02. The topological polar surface area (TPSA) is 46.9 Å². The number of rotatable bonds is 5. The molecule has 0 aliphatic rings. The second-order valence-electron chi connectivity index (χ2n) is 4.84. The van der Waals surface area contributed by atoms with E-state index < -0.39 is 0 Å². The van der Waals surface area contributed by atoms with E-state index in [1.165, 1.54) is 16.9 Å². The first-order valence-corrected chi connectivity index (χ1v) is 7.97. The summed E-state index contributed by atoms with van der Waals surface area (Å²) in [5.74, 6) is -0.0978. The third kappa shape index (κ3) is 3.75. The zero-order chi connectivity index (χ0) is 15.4. The lowest BCUT2D eigenvalue weighted by Crippen LogP contribution is -2.21. The van der Waals surface area contributed by atoms with Gasteiger partial charge in [0.2, 0.25) is 0 Å². The maximum atomic E-state index is 11.9. The molecule has 22 heavy (non-hydrogen) atoms. The van der Waals surface area contributed by atoms with E-state index in [1.807, 2.05) is 22.9 Å². The molecule has 2 heterocycles. The Morgan fingerprint density at radius 3 is 2.59 bits per heavy atom. The van der Waals surface area contributed by atoms with Gasteiger partial charge in [-0.05, 0) is 23.3 Å². The number of imidazole rings is 1. The van der Waals surface area contributed by atoms with Crippen LogP contribution in [0.4, 0.5) is 0 Å². The summed E-state index contributed by atoms with van der Waals surface area (Å²) in [4.78, 5) is 16.6. The van der Waals surface area contributed by atoms with Gasteiger partial charge in [-0.3, -0.25) is 4.79 Å². The van der Waals surface area contributed by atoms with E-state index >= 15 is 0 Å². The van der Waals surface area contributed by atoms with Crippen molar-refractivity contribution in [3.63, 3.8) is 0 Å². The molecule has 112 valence electrons. The molecule has 0 fully saturated rings. The molecule has 1 aromatic carbocycles. The first kappa shape index (κ1) is 14.8. The molecule has 0 unspecified atom stereocenters. The summed E-state index contributed by atoms with van der Waals surface area (Å²) in [5.41, 5.74) is 2.25. The summed E-state index contributed by atoms with van der Waals surface area (Å²) in [6.45, 7) is 1.29. The Kier molecular flexibility index (Phi) is 4.56. The van der Waals surface area contributed by atoms with Crippen LogP contribution in [0.15, 0.2) is 55.1 Å². The number of amides is 1. The average molecular weight is 332 g/mol. The number of aromatic nitrogens is 2. The molecule has 4 nitrogen and oxygen atoms in total. The summed E-state index contributed by atoms with van der Waals surface area (Å²) in [5, 5.41) is 2.89. The van der Waals surface area contributed by atoms with Gasteiger partial charge in [0.1, 0.15) is 0 Å². The van der Waals surface area contributed by atoms with Gasteiger partial charge >= 0.3 is 0 Å². The third-order valence-corrected chi connectivity index (χ3v) is 4.43. The average Bonchev–Trinajstić information content (AvgIpc) is 3.18. The summed E-state index contributed by atoms with van der Waals surface area (Å²) in [6.07, 6.45) is 5.49. The van der Waals surface area contributed by atoms with Crippen molar-refractivity contribution in [1.82, 2.24) is 14.9 Å². The van der Waals surface area contributed by atoms with Gasteiger partial charge in [-0.1, -0.05) is 35.9 Å². The molecule has 0 aliphatic carbocycles. The summed E-state index contributed by atoms with van der Waals surface area (Å²) in [7, 11) is 0. The smallest absolute Gasteiger partial charge is 0.261 e. The lowest BCUT2D eigenvalue weighted by Gasteiger charge is -2.06. The molecule has 0 saturated heterocycles. The van der Waals surface area contributed by atoms with Gasteiger partial charge in [0.25, 0.3) is 5.91 Å². The van der Waals surface area contributed by atoms with Crippen molar-refractivity contribution >= 4 is 28.8 Å². The monoisotopic (exact) mass is 331 g/mol. The van der Waals surface area contributed by atoms with Crippen LogP contribution in [0.2, 0.25) is 4.34 Å². The van der Waals surface area contributed by atoms with Crippen molar-refractivity contribution in [3.05, 3.63) is 75.5 Å². The largest absolute Gasteiger partial charge is 0.347 e. The normalized spacial score (nSPS) is 10.6. The highest BCUT2D eigenvalue weighted by Gasteiger charge is 2.08. The first-order chi connectivity index (χ1) is 10.7. The van der Waals surface area contributed by atoms with Crippen LogP contribution in [-0.2, 0) is 13.1 Å². The van der Waals surface area contributed by atoms with Crippen LogP contribution in [0.1, 0.15) is 20.8 Å². The van der Waals surface area contributed by atoms with Gasteiger partial charge < -0.3 is 9.88 Å². The zero-order valence-electron chi connectivity index (χ0n) is 11.7. The fourth-order valence-electron chi connectivity index (χ4n) is 2.06. The highest BCUT2D eigenvalue weighted by molar-refractivity contribution is 7.17. The van der Waals surface area contributed by atoms with Crippen LogP contribution in [-0.4, -0.2) is 15.5 Å². The van der Waals surface area contributed by atoms with E-state index in [2.05, 4.69) is 22.4 Å². The maximum absolute atomic E-state index is 11.9. The number of carbonyl (C=O) groups excluding carboxylic acids is 1. The number of nitrogens with one attached hydrogen (secondary N) is 1. The van der Waals surface area contributed by atoms with E-state index in [0.29, 0.717) is 15.8 Å². The third-order valence-electron chi connectivity index (χ3n) is 3.20. The Morgan fingerprint density at radius 2 is 1.95 bits per heavy atom. The van der Waals surface area contributed by atoms with E-state index in [9.17, 15) is 4.79 Å². The van der Waals surface area contributed by atoms with Crippen LogP contribution in [0.5, 0.6) is 0 Å². The number of benzene rings is 1. The lowest BCUT2D eigenvalue weighted by molar-refractivity contribution is 0.0955. The van der Waals surface area contributed by atoms with Gasteiger partial charge in [-0.25, -0.2) is 4.98 Å². The van der Waals surface area contributed by atoms with Crippen molar-refractivity contribution in [3.8, 4) is 0 Å². The standard InChI is InChI=1S/C16H14ClN3OS/c17-15-6-5-14(22-15)16(21)19-9-12-1-3-13(4-2-12)10-20-8-7-18-11-20/h1-8,11H,9-10H2,(H,19,21). The van der Waals surface area contributed by atoms with Crippen molar-refractivity contribution in [2.45, 2.75) is 13.1 Å². The van der Waals surface area contributed by atoms with Crippen LogP contribution in [0, 0.1) is 0 Å². The molecule has 3 rings (SSSR count). The molecule has 2 aromatic heterocycles. The molecule has 0 bridgehead atoms. The lowest BCUT2D eigenvalue weighted by atomic mass is 10.1. The van der Waals surface area contributed by atoms with Gasteiger partial charge in [-0.2, -0.15) is 0 Å². The van der Waals surface area contributed by atoms with E-state index in [4.69, 9.17) is 11.6 Å². The predicted octanol–water partition coefficient (Wildman–Crippen LogP) is 3.58. The second kappa shape index (κ2) is 6.77. The number of thiophene rings is 1. The first-order valence-electron chi connectivity index (χ1n) is 6.78. The van der Waals surface area contributed by atoms with Crippen LogP contribution in [0.25, 0.3) is 0 Å². The van der Waals surface area contributed by atoms with Crippen molar-refractivity contribution < 1.29 is 4.79 Å². The van der Waals surface area contributed by atoms with Crippen molar-refractivity contribution in [2.75, 3.05) is 0 Å². The Hall–Kier alpha value is -2.11. The second-order valence-corrected chi connectivity index (χ2v) is 6.55. The SMILES string of the molecule is O=C(NCc1ccc(Cn2ccnc2)cc1)c1ccc(Cl)s1. The van der Waals surface area contributed by atoms with Crippen LogP contribution < -0.4 is 5.32 Å². The van der Waals surface area contributed by atoms with Gasteiger partial charge in [-0.15, -0.1) is 11.3 Å². The molecule has 0 aliphatic heterocycles. The minimum Gasteiger partial charge on any atom is -0.347 e. The molecule has 0 radical (unpaired) electrons. The molecule has 0 spiro atoms. The highest BCUT2D eigenvalue weighted by Crippen LogP contribution is 2.21. The Labute approximate surface area is 137 Å². The Bertz CT molecular complexity index is 750. The molecule has 3 aromatic rings. The van der Waals surface area contributed by atoms with Crippen molar-refractivity contribution in [2.24, 2.45) is 0 Å². The van der Waals surface area contributed by atoms with Gasteiger partial charge in [0.05, 0.1) is 15.5 Å². The summed E-state index contributed by atoms with van der Waals surface area (Å²) in [6, 6.07) is 11.6. The number of hydrogen-bond acceptors (Lipinski definition) is 3. The number of hydrogen-bond donors (Lipinski definition) is 1. The molecule has 1 amide bonds. The van der Waals surface area contributed by atoms with E-state index in [-0.39, 0.29) is 5.91 Å².